The van der Waals surface area contributed by atoms with E-state index in [1.807, 2.05) is 54.6 Å². The average molecular weight is 302 g/mol. The smallest absolute Gasteiger partial charge is 0.136 e. The maximum atomic E-state index is 10.5. The first kappa shape index (κ1) is 14.0. The molecule has 0 spiro atoms. The standard InChI is InChI=1S/C21H18O2/c22-20-16(12-14-6-2-1-3-7-14)13-19-17-9-5-4-8-15(17)10-11-18(19)21(20)23/h1-3,6-13,20,22-23H,4-5H2/b16-12+. The lowest BCUT2D eigenvalue weighted by Crippen LogP contribution is -2.52. The van der Waals surface area contributed by atoms with Crippen molar-refractivity contribution in [2.45, 2.75) is 18.9 Å². The molecule has 0 aromatic heterocycles. The van der Waals surface area contributed by atoms with Gasteiger partial charge in [0.25, 0.3) is 0 Å². The van der Waals surface area contributed by atoms with Crippen molar-refractivity contribution in [2.75, 3.05) is 0 Å². The van der Waals surface area contributed by atoms with E-state index in [0.29, 0.717) is 5.57 Å². The Morgan fingerprint density at radius 2 is 1.70 bits per heavy atom. The summed E-state index contributed by atoms with van der Waals surface area (Å²) in [7, 11) is 0. The summed E-state index contributed by atoms with van der Waals surface area (Å²) < 4.78 is 0. The van der Waals surface area contributed by atoms with E-state index in [1.165, 1.54) is 5.22 Å². The number of benzene rings is 2. The van der Waals surface area contributed by atoms with Crippen molar-refractivity contribution in [3.8, 4) is 0 Å². The van der Waals surface area contributed by atoms with E-state index in [9.17, 15) is 10.2 Å². The lowest BCUT2D eigenvalue weighted by Gasteiger charge is -2.17. The van der Waals surface area contributed by atoms with Gasteiger partial charge in [0.2, 0.25) is 0 Å². The summed E-state index contributed by atoms with van der Waals surface area (Å²) in [5, 5.41) is 25.0. The zero-order valence-corrected chi connectivity index (χ0v) is 12.7. The quantitative estimate of drug-likeness (QED) is 0.823. The molecule has 2 aliphatic carbocycles. The fourth-order valence-electron chi connectivity index (χ4n) is 3.32. The van der Waals surface area contributed by atoms with Gasteiger partial charge < -0.3 is 10.2 Å². The Kier molecular flexibility index (Phi) is 3.40. The van der Waals surface area contributed by atoms with E-state index in [1.54, 1.807) is 0 Å². The molecule has 0 amide bonds. The Labute approximate surface area is 134 Å². The Bertz CT molecular complexity index is 1030. The second kappa shape index (κ2) is 5.56. The summed E-state index contributed by atoms with van der Waals surface area (Å²) in [6, 6.07) is 13.8. The second-order valence-electron chi connectivity index (χ2n) is 6.00. The predicted molar refractivity (Wildman–Crippen MR) is 94.0 cm³/mol. The largest absolute Gasteiger partial charge is 0.509 e. The van der Waals surface area contributed by atoms with E-state index in [2.05, 4.69) is 12.2 Å². The van der Waals surface area contributed by atoms with Crippen LogP contribution in [0.1, 0.15) is 18.4 Å². The van der Waals surface area contributed by atoms with Gasteiger partial charge in [-0.1, -0.05) is 54.6 Å². The molecule has 2 aliphatic rings. The molecule has 0 saturated carbocycles. The van der Waals surface area contributed by atoms with Crippen LogP contribution in [0.2, 0.25) is 0 Å². The highest BCUT2D eigenvalue weighted by molar-refractivity contribution is 5.73. The number of fused-ring (bicyclic) bond motifs is 3. The Balaban J connectivity index is 2.03. The molecule has 1 unspecified atom stereocenters. The number of rotatable bonds is 1. The van der Waals surface area contributed by atoms with Crippen LogP contribution >= 0.6 is 0 Å². The number of aliphatic hydroxyl groups is 2. The first-order valence-electron chi connectivity index (χ1n) is 7.93. The summed E-state index contributed by atoms with van der Waals surface area (Å²) in [5.74, 6) is 0.0338. The van der Waals surface area contributed by atoms with Gasteiger partial charge in [-0.25, -0.2) is 0 Å². The Hall–Kier alpha value is -2.58. The summed E-state index contributed by atoms with van der Waals surface area (Å²) in [4.78, 5) is 0. The molecule has 23 heavy (non-hydrogen) atoms. The molecule has 0 saturated heterocycles. The van der Waals surface area contributed by atoms with Crippen LogP contribution in [0.15, 0.2) is 48.0 Å². The van der Waals surface area contributed by atoms with Gasteiger partial charge in [-0.05, 0) is 51.8 Å². The molecule has 0 heterocycles. The molecule has 0 radical (unpaired) electrons. The highest BCUT2D eigenvalue weighted by atomic mass is 16.3. The van der Waals surface area contributed by atoms with Gasteiger partial charge in [0.15, 0.2) is 0 Å². The van der Waals surface area contributed by atoms with Gasteiger partial charge in [0.05, 0.1) is 0 Å². The SMILES string of the molecule is OC1=c2ccc3c(c2=C/C(=C\c2ccccc2)C1O)=CCCC=3. The lowest BCUT2D eigenvalue weighted by atomic mass is 9.94. The Morgan fingerprint density at radius 3 is 2.52 bits per heavy atom. The lowest BCUT2D eigenvalue weighted by molar-refractivity contribution is 0.232. The molecule has 4 rings (SSSR count). The predicted octanol–water partition coefficient (Wildman–Crippen LogP) is 0.946. The van der Waals surface area contributed by atoms with Gasteiger partial charge >= 0.3 is 0 Å². The summed E-state index contributed by atoms with van der Waals surface area (Å²) >= 11 is 0. The molecular weight excluding hydrogens is 284 g/mol. The van der Waals surface area contributed by atoms with Crippen LogP contribution in [-0.2, 0) is 0 Å². The zero-order valence-electron chi connectivity index (χ0n) is 12.7. The van der Waals surface area contributed by atoms with Crippen LogP contribution < -0.4 is 20.9 Å². The van der Waals surface area contributed by atoms with Crippen LogP contribution in [0.5, 0.6) is 0 Å². The minimum atomic E-state index is -0.978. The molecule has 114 valence electrons. The van der Waals surface area contributed by atoms with Gasteiger partial charge in [-0.2, -0.15) is 0 Å². The molecular formula is C21H18O2. The maximum Gasteiger partial charge on any atom is 0.136 e. The van der Waals surface area contributed by atoms with Crippen molar-refractivity contribution in [1.82, 2.24) is 0 Å². The maximum absolute atomic E-state index is 10.5. The van der Waals surface area contributed by atoms with E-state index in [0.717, 1.165) is 34.1 Å². The summed E-state index contributed by atoms with van der Waals surface area (Å²) in [6.07, 6.45) is 9.46. The minimum Gasteiger partial charge on any atom is -0.509 e. The van der Waals surface area contributed by atoms with Crippen molar-refractivity contribution in [3.63, 3.8) is 0 Å². The molecule has 2 aromatic carbocycles. The van der Waals surface area contributed by atoms with Crippen molar-refractivity contribution in [2.24, 2.45) is 0 Å². The van der Waals surface area contributed by atoms with Crippen molar-refractivity contribution >= 4 is 30.1 Å². The molecule has 0 fully saturated rings. The average Bonchev–Trinajstić information content (AvgIpc) is 2.60. The third-order valence-electron chi connectivity index (χ3n) is 4.49. The number of hydrogen-bond acceptors (Lipinski definition) is 2. The first-order chi connectivity index (χ1) is 11.2. The third-order valence-corrected chi connectivity index (χ3v) is 4.49. The molecule has 2 N–H and O–H groups in total. The molecule has 0 aliphatic heterocycles. The first-order valence-corrected chi connectivity index (χ1v) is 7.93. The van der Waals surface area contributed by atoms with Crippen LogP contribution in [0.4, 0.5) is 0 Å². The van der Waals surface area contributed by atoms with Gasteiger partial charge in [0, 0.05) is 5.22 Å². The normalized spacial score (nSPS) is 20.8. The molecule has 1 atom stereocenters. The van der Waals surface area contributed by atoms with Crippen LogP contribution in [0, 0.1) is 0 Å². The summed E-state index contributed by atoms with van der Waals surface area (Å²) in [6.45, 7) is 0. The highest BCUT2D eigenvalue weighted by Gasteiger charge is 2.19. The topological polar surface area (TPSA) is 40.5 Å². The van der Waals surface area contributed by atoms with E-state index in [-0.39, 0.29) is 5.76 Å². The fourth-order valence-corrected chi connectivity index (χ4v) is 3.32. The van der Waals surface area contributed by atoms with Crippen LogP contribution in [0.25, 0.3) is 30.1 Å². The van der Waals surface area contributed by atoms with Crippen LogP contribution in [0.3, 0.4) is 0 Å². The molecule has 2 aromatic rings. The second-order valence-corrected chi connectivity index (χ2v) is 6.00. The third kappa shape index (κ3) is 2.41. The van der Waals surface area contributed by atoms with E-state index >= 15 is 0 Å². The van der Waals surface area contributed by atoms with Gasteiger partial charge in [-0.3, -0.25) is 0 Å². The van der Waals surface area contributed by atoms with E-state index in [4.69, 9.17) is 0 Å². The van der Waals surface area contributed by atoms with Crippen molar-refractivity contribution in [1.29, 1.82) is 0 Å². The molecule has 0 bridgehead atoms. The number of hydrogen-bond donors (Lipinski definition) is 2. The fraction of sp³-hybridized carbons (Fsp3) is 0.143. The van der Waals surface area contributed by atoms with Crippen molar-refractivity contribution < 1.29 is 10.2 Å². The number of aliphatic hydroxyl groups excluding tert-OH is 2. The minimum absolute atomic E-state index is 0.0338. The van der Waals surface area contributed by atoms with E-state index < -0.39 is 6.10 Å². The molecule has 2 heteroatoms. The molecule has 2 nitrogen and oxygen atoms in total. The monoisotopic (exact) mass is 302 g/mol. The Morgan fingerprint density at radius 1 is 0.913 bits per heavy atom. The van der Waals surface area contributed by atoms with Gasteiger partial charge in [-0.15, -0.1) is 0 Å². The summed E-state index contributed by atoms with van der Waals surface area (Å²) in [5.41, 5.74) is 1.72. The van der Waals surface area contributed by atoms with Gasteiger partial charge in [0.1, 0.15) is 11.9 Å². The van der Waals surface area contributed by atoms with Crippen molar-refractivity contribution in [3.05, 3.63) is 74.5 Å². The zero-order chi connectivity index (χ0) is 15.8. The highest BCUT2D eigenvalue weighted by Crippen LogP contribution is 2.17. The van der Waals surface area contributed by atoms with Crippen LogP contribution in [-0.4, -0.2) is 16.3 Å².